The molecule has 0 saturated heterocycles. The van der Waals surface area contributed by atoms with Crippen molar-refractivity contribution in [2.24, 2.45) is 0 Å². The Kier molecular flexibility index (Phi) is 3.30. The number of benzene rings is 1. The van der Waals surface area contributed by atoms with Gasteiger partial charge in [0, 0.05) is 0 Å². The van der Waals surface area contributed by atoms with Crippen LogP contribution in [-0.4, -0.2) is 24.7 Å². The number of rotatable bonds is 3. The van der Waals surface area contributed by atoms with Crippen LogP contribution in [0.3, 0.4) is 0 Å². The lowest BCUT2D eigenvalue weighted by Crippen LogP contribution is -2.19. The van der Waals surface area contributed by atoms with Crippen molar-refractivity contribution in [1.82, 2.24) is 4.89 Å². The molecular weight excluding hydrogens is 246 g/mol. The molecule has 0 spiro atoms. The average Bonchev–Trinajstić information content (AvgIpc) is 2.17. The van der Waals surface area contributed by atoms with Crippen LogP contribution in [-0.2, 0) is 10.0 Å². The Bertz CT molecular complexity index is 498. The van der Waals surface area contributed by atoms with Gasteiger partial charge in [0.1, 0.15) is 0 Å². The van der Waals surface area contributed by atoms with Crippen molar-refractivity contribution in [3.8, 4) is 0 Å². The highest BCUT2D eigenvalue weighted by Gasteiger charge is 2.17. The molecule has 0 aliphatic rings. The number of carbonyl (C=O) groups is 1. The molecule has 15 heavy (non-hydrogen) atoms. The summed E-state index contributed by atoms with van der Waals surface area (Å²) in [5, 5.41) is 16.9. The first kappa shape index (κ1) is 11.9. The van der Waals surface area contributed by atoms with E-state index in [2.05, 4.69) is 0 Å². The van der Waals surface area contributed by atoms with Crippen LogP contribution in [0.15, 0.2) is 23.1 Å². The molecule has 0 saturated carbocycles. The molecular formula is C7H6ClNO5S. The van der Waals surface area contributed by atoms with Crippen LogP contribution >= 0.6 is 11.6 Å². The number of hydrogen-bond donors (Lipinski definition) is 3. The van der Waals surface area contributed by atoms with Crippen LogP contribution < -0.4 is 4.89 Å². The van der Waals surface area contributed by atoms with Gasteiger partial charge >= 0.3 is 5.97 Å². The standard InChI is InChI=1S/C7H6ClNO5S/c8-6-2-1-4(15(13,14)9-12)3-5(6)7(10)11/h1-3,9,12H,(H,10,11). The molecule has 0 amide bonds. The lowest BCUT2D eigenvalue weighted by atomic mass is 10.2. The summed E-state index contributed by atoms with van der Waals surface area (Å²) in [7, 11) is -4.09. The van der Waals surface area contributed by atoms with E-state index in [0.717, 1.165) is 23.1 Å². The van der Waals surface area contributed by atoms with Crippen LogP contribution in [0.4, 0.5) is 0 Å². The third-order valence-electron chi connectivity index (χ3n) is 1.60. The zero-order valence-electron chi connectivity index (χ0n) is 7.14. The Balaban J connectivity index is 3.38. The summed E-state index contributed by atoms with van der Waals surface area (Å²) in [5.41, 5.74) is -0.354. The molecule has 1 aromatic carbocycles. The molecule has 0 unspecified atom stereocenters. The zero-order valence-corrected chi connectivity index (χ0v) is 8.71. The van der Waals surface area contributed by atoms with Crippen LogP contribution in [0.5, 0.6) is 0 Å². The Labute approximate surface area is 90.1 Å². The predicted molar refractivity (Wildman–Crippen MR) is 50.5 cm³/mol. The van der Waals surface area contributed by atoms with Crippen LogP contribution in [0.1, 0.15) is 10.4 Å². The molecule has 0 fully saturated rings. The SMILES string of the molecule is O=C(O)c1cc(S(=O)(=O)NO)ccc1Cl. The second kappa shape index (κ2) is 4.15. The van der Waals surface area contributed by atoms with Crippen LogP contribution in [0.2, 0.25) is 5.02 Å². The lowest BCUT2D eigenvalue weighted by molar-refractivity contribution is 0.0697. The Morgan fingerprint density at radius 3 is 2.47 bits per heavy atom. The minimum Gasteiger partial charge on any atom is -0.478 e. The van der Waals surface area contributed by atoms with Crippen molar-refractivity contribution >= 4 is 27.6 Å². The van der Waals surface area contributed by atoms with Crippen molar-refractivity contribution in [2.75, 3.05) is 0 Å². The number of sulfonamides is 1. The number of halogens is 1. The van der Waals surface area contributed by atoms with Gasteiger partial charge in [0.05, 0.1) is 15.5 Å². The minimum atomic E-state index is -4.09. The first-order valence-electron chi connectivity index (χ1n) is 3.57. The summed E-state index contributed by atoms with van der Waals surface area (Å²) >= 11 is 5.53. The van der Waals surface area contributed by atoms with Gasteiger partial charge in [-0.25, -0.2) is 13.2 Å². The minimum absolute atomic E-state index is 0.0839. The van der Waals surface area contributed by atoms with E-state index in [0.29, 0.717) is 0 Å². The third kappa shape index (κ3) is 2.45. The Morgan fingerprint density at radius 2 is 2.00 bits per heavy atom. The van der Waals surface area contributed by atoms with E-state index in [-0.39, 0.29) is 15.5 Å². The molecule has 0 aliphatic carbocycles. The van der Waals surface area contributed by atoms with Gasteiger partial charge in [-0.3, -0.25) is 0 Å². The summed E-state index contributed by atoms with van der Waals surface area (Å²) in [5.74, 6) is -1.35. The molecule has 0 heterocycles. The second-order valence-corrected chi connectivity index (χ2v) is 4.61. The van der Waals surface area contributed by atoms with Crippen molar-refractivity contribution < 1.29 is 23.5 Å². The largest absolute Gasteiger partial charge is 0.478 e. The van der Waals surface area contributed by atoms with Gasteiger partial charge in [-0.1, -0.05) is 16.5 Å². The Hall–Kier alpha value is -1.15. The first-order valence-corrected chi connectivity index (χ1v) is 5.43. The molecule has 0 aromatic heterocycles. The fourth-order valence-corrected chi connectivity index (χ4v) is 1.71. The molecule has 3 N–H and O–H groups in total. The van der Waals surface area contributed by atoms with Crippen LogP contribution in [0.25, 0.3) is 0 Å². The summed E-state index contributed by atoms with van der Waals surface area (Å²) in [6, 6.07) is 3.05. The smallest absolute Gasteiger partial charge is 0.337 e. The predicted octanol–water partition coefficient (Wildman–Crippen LogP) is 0.706. The third-order valence-corrected chi connectivity index (χ3v) is 3.04. The summed E-state index contributed by atoms with van der Waals surface area (Å²) < 4.78 is 22.2. The van der Waals surface area contributed by atoms with Gasteiger partial charge in [-0.15, -0.1) is 0 Å². The second-order valence-electron chi connectivity index (χ2n) is 2.54. The fraction of sp³-hybridized carbons (Fsp3) is 0. The van der Waals surface area contributed by atoms with E-state index in [1.165, 1.54) is 0 Å². The van der Waals surface area contributed by atoms with Gasteiger partial charge in [0.2, 0.25) is 0 Å². The van der Waals surface area contributed by atoms with E-state index in [1.54, 1.807) is 0 Å². The normalized spacial score (nSPS) is 11.3. The van der Waals surface area contributed by atoms with E-state index in [4.69, 9.17) is 21.9 Å². The van der Waals surface area contributed by atoms with E-state index < -0.39 is 16.0 Å². The monoisotopic (exact) mass is 251 g/mol. The quantitative estimate of drug-likeness (QED) is 0.686. The first-order chi connectivity index (χ1) is 6.88. The molecule has 0 atom stereocenters. The molecule has 1 rings (SSSR count). The van der Waals surface area contributed by atoms with Crippen molar-refractivity contribution in [3.63, 3.8) is 0 Å². The van der Waals surface area contributed by atoms with E-state index >= 15 is 0 Å². The summed E-state index contributed by atoms with van der Waals surface area (Å²) in [6.07, 6.45) is 0. The highest BCUT2D eigenvalue weighted by atomic mass is 35.5. The van der Waals surface area contributed by atoms with Crippen molar-refractivity contribution in [3.05, 3.63) is 28.8 Å². The number of aromatic carboxylic acids is 1. The van der Waals surface area contributed by atoms with E-state index in [1.807, 2.05) is 0 Å². The maximum atomic E-state index is 11.1. The molecule has 0 aliphatic heterocycles. The van der Waals surface area contributed by atoms with Crippen LogP contribution in [0, 0.1) is 0 Å². The van der Waals surface area contributed by atoms with E-state index in [9.17, 15) is 13.2 Å². The number of nitrogens with one attached hydrogen (secondary N) is 1. The van der Waals surface area contributed by atoms with Crippen molar-refractivity contribution in [1.29, 1.82) is 0 Å². The van der Waals surface area contributed by atoms with Gasteiger partial charge in [-0.2, -0.15) is 0 Å². The van der Waals surface area contributed by atoms with Gasteiger partial charge < -0.3 is 10.3 Å². The Morgan fingerprint density at radius 1 is 1.40 bits per heavy atom. The molecule has 82 valence electrons. The molecule has 6 nitrogen and oxygen atoms in total. The summed E-state index contributed by atoms with van der Waals surface area (Å²) in [4.78, 5) is 11.3. The maximum absolute atomic E-state index is 11.1. The maximum Gasteiger partial charge on any atom is 0.337 e. The average molecular weight is 252 g/mol. The number of carboxylic acid groups (broad SMARTS) is 1. The fourth-order valence-electron chi connectivity index (χ4n) is 0.888. The molecule has 0 bridgehead atoms. The number of carboxylic acids is 1. The zero-order chi connectivity index (χ0) is 11.6. The lowest BCUT2D eigenvalue weighted by Gasteiger charge is -2.03. The van der Waals surface area contributed by atoms with Gasteiger partial charge in [0.25, 0.3) is 10.0 Å². The highest BCUT2D eigenvalue weighted by molar-refractivity contribution is 7.89. The molecule has 8 heteroatoms. The van der Waals surface area contributed by atoms with Gasteiger partial charge in [-0.05, 0) is 18.2 Å². The van der Waals surface area contributed by atoms with Gasteiger partial charge in [0.15, 0.2) is 0 Å². The molecule has 0 radical (unpaired) electrons. The summed E-state index contributed by atoms with van der Waals surface area (Å²) in [6.45, 7) is 0. The topological polar surface area (TPSA) is 104 Å². The molecule has 1 aromatic rings. The van der Waals surface area contributed by atoms with Crippen molar-refractivity contribution in [2.45, 2.75) is 4.90 Å². The highest BCUT2D eigenvalue weighted by Crippen LogP contribution is 2.20. The number of hydrogen-bond acceptors (Lipinski definition) is 4.